The first kappa shape index (κ1) is 44.9. The number of hydrogen-bond acceptors (Lipinski definition) is 24. The van der Waals surface area contributed by atoms with Crippen LogP contribution < -0.4 is 45.0 Å². The van der Waals surface area contributed by atoms with E-state index in [0.29, 0.717) is 13.0 Å². The van der Waals surface area contributed by atoms with E-state index in [1.54, 1.807) is 0 Å². The lowest BCUT2D eigenvalue weighted by molar-refractivity contribution is -0.310. The number of amides is 1. The second-order valence-electron chi connectivity index (χ2n) is 14.0. The summed E-state index contributed by atoms with van der Waals surface area (Å²) in [6, 6.07) is -5.77. The molecular weight excluding hydrogens is 728 g/mol. The van der Waals surface area contributed by atoms with Gasteiger partial charge >= 0.3 is 0 Å². The lowest BCUT2D eigenvalue weighted by Gasteiger charge is -2.46. The van der Waals surface area contributed by atoms with Crippen LogP contribution >= 0.6 is 0 Å². The number of nitrogens with two attached hydrogens (primary N) is 6. The zero-order chi connectivity index (χ0) is 40.0. The maximum absolute atomic E-state index is 12.6. The largest absolute Gasteiger partial charge is 0.394 e. The highest BCUT2D eigenvalue weighted by Crippen LogP contribution is 2.35. The summed E-state index contributed by atoms with van der Waals surface area (Å²) in [6.45, 7) is -1.35. The molecule has 0 bridgehead atoms. The van der Waals surface area contributed by atoms with Gasteiger partial charge in [-0.3, -0.25) is 10.1 Å². The van der Waals surface area contributed by atoms with Crippen molar-refractivity contribution in [3.63, 3.8) is 0 Å². The van der Waals surface area contributed by atoms with Gasteiger partial charge in [-0.15, -0.1) is 0 Å². The molecule has 4 fully saturated rings. The summed E-state index contributed by atoms with van der Waals surface area (Å²) in [4.78, 5) is 12.6. The van der Waals surface area contributed by atoms with E-state index in [4.69, 9.17) is 68.4 Å². The number of aliphatic hydroxyl groups is 8. The van der Waals surface area contributed by atoms with Gasteiger partial charge in [0.15, 0.2) is 18.9 Å². The van der Waals surface area contributed by atoms with Crippen LogP contribution in [-0.4, -0.2) is 202 Å². The maximum atomic E-state index is 12.6. The normalized spacial score (nSPS) is 45.0. The molecule has 1 saturated carbocycles. The molecule has 0 spiro atoms. The molecule has 1 amide bonds. The average Bonchev–Trinajstić information content (AvgIpc) is 3.44. The minimum Gasteiger partial charge on any atom is -0.394 e. The van der Waals surface area contributed by atoms with Gasteiger partial charge < -0.3 is 109 Å². The summed E-state index contributed by atoms with van der Waals surface area (Å²) < 4.78 is 34.9. The third kappa shape index (κ3) is 10.4. The van der Waals surface area contributed by atoms with E-state index in [2.05, 4.69) is 15.7 Å². The molecule has 19 unspecified atom stereocenters. The molecule has 0 aromatic heterocycles. The molecule has 20 atom stereocenters. The number of rotatable bonds is 17. The Morgan fingerprint density at radius 2 is 1.28 bits per heavy atom. The third-order valence-electron chi connectivity index (χ3n) is 10.1. The summed E-state index contributed by atoms with van der Waals surface area (Å²) in [5.41, 5.74) is 42.8. The van der Waals surface area contributed by atoms with Crippen molar-refractivity contribution in [1.82, 2.24) is 10.6 Å². The first-order valence-corrected chi connectivity index (χ1v) is 17.7. The van der Waals surface area contributed by atoms with E-state index in [1.807, 2.05) is 0 Å². The van der Waals surface area contributed by atoms with Crippen LogP contribution in [0.2, 0.25) is 0 Å². The Bertz CT molecular complexity index is 1190. The predicted molar refractivity (Wildman–Crippen MR) is 179 cm³/mol. The first-order chi connectivity index (χ1) is 25.5. The molecule has 23 N–H and O–H groups in total. The number of carbonyl (C=O) groups is 1. The molecule has 54 heavy (non-hydrogen) atoms. The highest BCUT2D eigenvalue weighted by Gasteiger charge is 2.55. The Morgan fingerprint density at radius 3 is 1.85 bits per heavy atom. The Hall–Kier alpha value is -1.77. The lowest BCUT2D eigenvalue weighted by Crippen LogP contribution is -2.67. The minimum atomic E-state index is -1.75. The van der Waals surface area contributed by atoms with Crippen molar-refractivity contribution in [1.29, 1.82) is 5.53 Å². The van der Waals surface area contributed by atoms with Gasteiger partial charge in [0.25, 0.3) is 0 Å². The quantitative estimate of drug-likeness (QED) is 0.0370. The summed E-state index contributed by atoms with van der Waals surface area (Å²) in [5, 5.41) is 93.0. The number of ether oxygens (including phenoxy) is 6. The Morgan fingerprint density at radius 1 is 0.741 bits per heavy atom. The van der Waals surface area contributed by atoms with Gasteiger partial charge in [0.05, 0.1) is 31.3 Å². The molecule has 3 heterocycles. The van der Waals surface area contributed by atoms with E-state index in [1.165, 1.54) is 0 Å². The van der Waals surface area contributed by atoms with Gasteiger partial charge in [0.2, 0.25) is 5.91 Å². The van der Waals surface area contributed by atoms with Crippen LogP contribution in [0.25, 0.3) is 0 Å². The molecule has 0 aromatic rings. The molecule has 314 valence electrons. The fourth-order valence-electron chi connectivity index (χ4n) is 6.80. The fourth-order valence-corrected chi connectivity index (χ4v) is 6.80. The average molecular weight is 787 g/mol. The zero-order valence-electron chi connectivity index (χ0n) is 29.4. The molecule has 3 saturated heterocycles. The Balaban J connectivity index is 1.43. The smallest absolute Gasteiger partial charge is 0.237 e. The highest BCUT2D eigenvalue weighted by atomic mass is 16.8. The van der Waals surface area contributed by atoms with Gasteiger partial charge in [-0.1, -0.05) is 0 Å². The topological polar surface area (TPSA) is 451 Å². The van der Waals surface area contributed by atoms with Crippen molar-refractivity contribution in [3.8, 4) is 0 Å². The molecule has 0 radical (unpaired) electrons. The number of carbonyl (C=O) groups excluding carboxylic acids is 1. The predicted octanol–water partition coefficient (Wildman–Crippen LogP) is -9.73. The number of nitrogens with one attached hydrogen (secondary N) is 3. The third-order valence-corrected chi connectivity index (χ3v) is 10.1. The Kier molecular flexibility index (Phi) is 16.7. The van der Waals surface area contributed by atoms with Crippen LogP contribution in [0.1, 0.15) is 19.3 Å². The maximum Gasteiger partial charge on any atom is 0.237 e. The van der Waals surface area contributed by atoms with E-state index in [0.717, 1.165) is 0 Å². The van der Waals surface area contributed by atoms with Crippen molar-refractivity contribution in [2.24, 2.45) is 39.5 Å². The lowest BCUT2D eigenvalue weighted by atomic mass is 9.84. The van der Waals surface area contributed by atoms with Gasteiger partial charge in [-0.2, -0.15) is 5.11 Å². The molecule has 25 heteroatoms. The number of aliphatic hydroxyl groups excluding tert-OH is 8. The van der Waals surface area contributed by atoms with Crippen LogP contribution in [0.3, 0.4) is 0 Å². The summed E-state index contributed by atoms with van der Waals surface area (Å²) >= 11 is 0. The number of nitrogens with zero attached hydrogens (tertiary/aromatic N) is 1. The fraction of sp³-hybridized carbons (Fsp3) is 0.966. The van der Waals surface area contributed by atoms with E-state index in [9.17, 15) is 45.6 Å². The van der Waals surface area contributed by atoms with E-state index >= 15 is 0 Å². The molecule has 4 rings (SSSR count). The molecular formula is C29H58N10O15. The van der Waals surface area contributed by atoms with Crippen molar-refractivity contribution >= 4 is 5.91 Å². The number of hydrogen-bond donors (Lipinski definition) is 17. The SMILES string of the molecule is N=NC1CC(N)C(OC2OC(CO)C(O)C(O)C2N)C(OC2OC(CO)C(OC3OC(CNC(=O)[C@@H](N)CCCNC(N)N)C(O)C(O)C3N)C2O)C1O. The zero-order valence-corrected chi connectivity index (χ0v) is 29.4. The summed E-state index contributed by atoms with van der Waals surface area (Å²) in [7, 11) is 0. The molecule has 25 nitrogen and oxygen atoms in total. The van der Waals surface area contributed by atoms with Crippen LogP contribution in [0.5, 0.6) is 0 Å². The molecule has 1 aliphatic carbocycles. The van der Waals surface area contributed by atoms with Crippen molar-refractivity contribution in [2.45, 2.75) is 148 Å². The van der Waals surface area contributed by atoms with Crippen molar-refractivity contribution < 1.29 is 74.1 Å². The summed E-state index contributed by atoms with van der Waals surface area (Å²) in [6.07, 6.45) is -22.6. The second kappa shape index (κ2) is 20.1. The summed E-state index contributed by atoms with van der Waals surface area (Å²) in [5.74, 6) is -0.573. The molecule has 4 aliphatic rings. The van der Waals surface area contributed by atoms with Gasteiger partial charge in [-0.25, -0.2) is 5.53 Å². The second-order valence-corrected chi connectivity index (χ2v) is 14.0. The van der Waals surface area contributed by atoms with Crippen LogP contribution in [0, 0.1) is 5.53 Å². The monoisotopic (exact) mass is 786 g/mol. The minimum absolute atomic E-state index is 0.0784. The van der Waals surface area contributed by atoms with Crippen LogP contribution in [0.4, 0.5) is 0 Å². The van der Waals surface area contributed by atoms with Gasteiger partial charge in [0.1, 0.15) is 85.6 Å². The Labute approximate surface area is 310 Å². The van der Waals surface area contributed by atoms with E-state index in [-0.39, 0.29) is 19.4 Å². The standard InChI is InChI=1S/C29H58N10O15/c30-8(2-1-3-37-29(34)35)25(48)38-5-11-17(43)19(45)14(32)26(49-11)53-23-13(7-41)51-28(21(23)47)54-24-16(42)10(39-36)4-9(31)22(24)52-27-15(33)20(46)18(44)12(6-40)50-27/h8-24,26-29,36-37,40-47H,1-7,30-35H2,(H,38,48)/t8-,9?,10?,11?,12?,13?,14?,15?,16?,17?,18?,19?,20?,21?,22?,23?,24?,26?,27?,28?/m0/s1. The van der Waals surface area contributed by atoms with Crippen LogP contribution in [0.15, 0.2) is 5.11 Å². The first-order valence-electron chi connectivity index (χ1n) is 17.7. The highest BCUT2D eigenvalue weighted by molar-refractivity contribution is 5.81. The molecule has 3 aliphatic heterocycles. The van der Waals surface area contributed by atoms with Gasteiger partial charge in [0, 0.05) is 12.6 Å². The van der Waals surface area contributed by atoms with Crippen molar-refractivity contribution in [2.75, 3.05) is 26.3 Å². The van der Waals surface area contributed by atoms with Crippen LogP contribution in [-0.2, 0) is 33.2 Å². The van der Waals surface area contributed by atoms with E-state index < -0.39 is 148 Å². The molecule has 0 aromatic carbocycles. The van der Waals surface area contributed by atoms with Crippen molar-refractivity contribution in [3.05, 3.63) is 0 Å². The van der Waals surface area contributed by atoms with Gasteiger partial charge in [-0.05, 0) is 25.8 Å².